The Hall–Kier alpha value is -3.87. The minimum atomic E-state index is -2.94. The van der Waals surface area contributed by atoms with E-state index in [1.54, 1.807) is 0 Å². The molecule has 0 bridgehead atoms. The number of nitrogens with zero attached hydrogens (tertiary/aromatic N) is 5. The molecule has 9 nitrogen and oxygen atoms in total. The van der Waals surface area contributed by atoms with Gasteiger partial charge in [-0.2, -0.15) is 0 Å². The number of ether oxygens (including phenoxy) is 1. The van der Waals surface area contributed by atoms with E-state index in [1.165, 1.54) is 43.0 Å². The van der Waals surface area contributed by atoms with Gasteiger partial charge < -0.3 is 14.9 Å². The lowest BCUT2D eigenvalue weighted by Crippen LogP contribution is -2.50. The van der Waals surface area contributed by atoms with Crippen LogP contribution in [0.4, 0.5) is 13.2 Å². The summed E-state index contributed by atoms with van der Waals surface area (Å²) in [6, 6.07) is 2.05. The zero-order chi connectivity index (χ0) is 25.4. The fourth-order valence-corrected chi connectivity index (χ4v) is 5.15. The van der Waals surface area contributed by atoms with Crippen molar-refractivity contribution in [3.63, 3.8) is 0 Å². The molecule has 184 valence electrons. The molecule has 35 heavy (non-hydrogen) atoms. The van der Waals surface area contributed by atoms with E-state index in [0.29, 0.717) is 5.89 Å². The van der Waals surface area contributed by atoms with Gasteiger partial charge in [0, 0.05) is 12.6 Å². The van der Waals surface area contributed by atoms with E-state index < -0.39 is 32.7 Å². The summed E-state index contributed by atoms with van der Waals surface area (Å²) in [6.45, 7) is 1.47. The van der Waals surface area contributed by atoms with Crippen molar-refractivity contribution in [2.75, 3.05) is 12.8 Å². The van der Waals surface area contributed by atoms with Gasteiger partial charge in [0.1, 0.15) is 17.5 Å². The maximum Gasteiger partial charge on any atom is 0.232 e. The highest BCUT2D eigenvalue weighted by atomic mass is 32.2. The summed E-state index contributed by atoms with van der Waals surface area (Å²) in [6.07, 6.45) is 6.14. The Balaban J connectivity index is 1.62. The largest absolute Gasteiger partial charge is 0.467 e. The number of oxazole rings is 1. The number of aromatic nitrogens is 3. The maximum absolute atomic E-state index is 14.9. The molecule has 0 saturated carbocycles. The molecule has 3 aromatic rings. The fraction of sp³-hybridized carbons (Fsp3) is 0.227. The number of rotatable bonds is 6. The minimum Gasteiger partial charge on any atom is -0.467 e. The summed E-state index contributed by atoms with van der Waals surface area (Å²) >= 11 is 0. The molecule has 2 aromatic heterocycles. The van der Waals surface area contributed by atoms with Crippen LogP contribution in [0.5, 0.6) is 5.88 Å². The second-order valence-electron chi connectivity index (χ2n) is 7.97. The van der Waals surface area contributed by atoms with Crippen LogP contribution in [0.25, 0.3) is 11.9 Å². The van der Waals surface area contributed by atoms with Gasteiger partial charge >= 0.3 is 0 Å². The molecule has 0 amide bonds. The number of nitrogens with two attached hydrogens (primary N) is 1. The Morgan fingerprint density at radius 2 is 2.11 bits per heavy atom. The van der Waals surface area contributed by atoms with Gasteiger partial charge in [-0.1, -0.05) is 0 Å². The van der Waals surface area contributed by atoms with E-state index in [1.807, 2.05) is 0 Å². The van der Waals surface area contributed by atoms with E-state index in [0.717, 1.165) is 18.3 Å². The van der Waals surface area contributed by atoms with Gasteiger partial charge in [-0.05, 0) is 36.6 Å². The molecular formula is C22H21F3N6O3S. The molecule has 3 heterocycles. The monoisotopic (exact) mass is 506 g/mol. The van der Waals surface area contributed by atoms with Gasteiger partial charge in [-0.3, -0.25) is 4.31 Å². The quantitative estimate of drug-likeness (QED) is 0.511. The lowest BCUT2D eigenvalue weighted by Gasteiger charge is -2.37. The third-order valence-electron chi connectivity index (χ3n) is 5.31. The third kappa shape index (κ3) is 4.99. The molecule has 0 spiro atoms. The highest BCUT2D eigenvalue weighted by molar-refractivity contribution is 7.98. The molecule has 13 heteroatoms. The van der Waals surface area contributed by atoms with Gasteiger partial charge in [0.25, 0.3) is 0 Å². The van der Waals surface area contributed by atoms with Gasteiger partial charge in [-0.15, -0.1) is 0 Å². The first-order chi connectivity index (χ1) is 16.5. The van der Waals surface area contributed by atoms with Crippen LogP contribution in [0.2, 0.25) is 0 Å². The predicted molar refractivity (Wildman–Crippen MR) is 125 cm³/mol. The molecule has 1 aliphatic heterocycles. The molecule has 0 radical (unpaired) electrons. The lowest BCUT2D eigenvalue weighted by molar-refractivity contribution is 0.252. The molecule has 1 aliphatic rings. The second kappa shape index (κ2) is 9.06. The highest BCUT2D eigenvalue weighted by Crippen LogP contribution is 2.35. The van der Waals surface area contributed by atoms with Crippen LogP contribution >= 0.6 is 0 Å². The van der Waals surface area contributed by atoms with E-state index in [2.05, 4.69) is 25.8 Å². The standard InChI is InChI=1S/C22H21F3N6O3S/c1-22(12-35(3,32)31(2)21(26)30-22)14-6-13(8-16(24)20(14)25)7-15(23)17-9-29-18(10-28-17)34-11-19-27-4-5-33-19/h4-10H,3,11-12H2,1-2H3,(H2,26,30)/b15-7-/t22-,35?/m0/s1. The van der Waals surface area contributed by atoms with Crippen molar-refractivity contribution in [1.82, 2.24) is 19.3 Å². The van der Waals surface area contributed by atoms with Gasteiger partial charge in [0.15, 0.2) is 24.1 Å². The number of halogens is 3. The van der Waals surface area contributed by atoms with Crippen LogP contribution in [0.1, 0.15) is 29.6 Å². The summed E-state index contributed by atoms with van der Waals surface area (Å²) in [5.74, 6) is 0.450. The number of hydrogen-bond acceptors (Lipinski definition) is 8. The van der Waals surface area contributed by atoms with Crippen molar-refractivity contribution >= 4 is 33.4 Å². The summed E-state index contributed by atoms with van der Waals surface area (Å²) < 4.78 is 68.6. The zero-order valence-corrected chi connectivity index (χ0v) is 19.6. The third-order valence-corrected chi connectivity index (χ3v) is 7.51. The Morgan fingerprint density at radius 3 is 2.74 bits per heavy atom. The van der Waals surface area contributed by atoms with Crippen LogP contribution in [-0.2, 0) is 21.9 Å². The first-order valence-corrected chi connectivity index (χ1v) is 12.0. The SMILES string of the molecule is C=S1(=O)C[C@@](C)(c2cc(/C=C(\F)c3cnc(OCc4ncco4)cn3)cc(F)c2F)N=C(N)N1C. The van der Waals surface area contributed by atoms with Crippen LogP contribution in [0.15, 0.2) is 46.4 Å². The molecule has 1 aromatic carbocycles. The molecule has 0 saturated heterocycles. The number of hydrogen-bond donors (Lipinski definition) is 1. The molecule has 2 N–H and O–H groups in total. The van der Waals surface area contributed by atoms with Crippen molar-refractivity contribution in [2.24, 2.45) is 10.7 Å². The van der Waals surface area contributed by atoms with Crippen LogP contribution in [0.3, 0.4) is 0 Å². The van der Waals surface area contributed by atoms with Crippen LogP contribution < -0.4 is 10.5 Å². The van der Waals surface area contributed by atoms with E-state index in [9.17, 15) is 17.4 Å². The first kappa shape index (κ1) is 24.3. The highest BCUT2D eigenvalue weighted by Gasteiger charge is 2.39. The van der Waals surface area contributed by atoms with Crippen LogP contribution in [0, 0.1) is 11.6 Å². The van der Waals surface area contributed by atoms with Gasteiger partial charge in [0.2, 0.25) is 17.7 Å². The Labute approximate surface area is 199 Å². The smallest absolute Gasteiger partial charge is 0.232 e. The van der Waals surface area contributed by atoms with E-state index >= 15 is 0 Å². The van der Waals surface area contributed by atoms with Gasteiger partial charge in [0.05, 0.1) is 34.1 Å². The van der Waals surface area contributed by atoms with E-state index in [4.69, 9.17) is 14.9 Å². The summed E-state index contributed by atoms with van der Waals surface area (Å²) in [5, 5.41) is 0. The van der Waals surface area contributed by atoms with Crippen LogP contribution in [-0.4, -0.2) is 48.1 Å². The number of benzene rings is 1. The normalized spacial score (nSPS) is 22.7. The first-order valence-electron chi connectivity index (χ1n) is 10.1. The van der Waals surface area contributed by atoms with Crippen molar-refractivity contribution in [1.29, 1.82) is 0 Å². The number of aliphatic imine (C=N–C) groups is 1. The second-order valence-corrected chi connectivity index (χ2v) is 10.4. The average Bonchev–Trinajstić information content (AvgIpc) is 3.32. The van der Waals surface area contributed by atoms with Crippen molar-refractivity contribution in [3.8, 4) is 5.88 Å². The van der Waals surface area contributed by atoms with Crippen molar-refractivity contribution in [2.45, 2.75) is 19.1 Å². The zero-order valence-electron chi connectivity index (χ0n) is 18.7. The molecule has 1 unspecified atom stereocenters. The minimum absolute atomic E-state index is 0.00749. The topological polar surface area (TPSA) is 120 Å². The molecule has 0 aliphatic carbocycles. The molecule has 4 rings (SSSR count). The molecule has 0 fully saturated rings. The van der Waals surface area contributed by atoms with E-state index in [-0.39, 0.29) is 41.0 Å². The van der Waals surface area contributed by atoms with Gasteiger partial charge in [-0.25, -0.2) is 37.3 Å². The fourth-order valence-electron chi connectivity index (χ4n) is 3.48. The predicted octanol–water partition coefficient (Wildman–Crippen LogP) is 2.90. The molecular weight excluding hydrogens is 485 g/mol. The van der Waals surface area contributed by atoms with Crippen molar-refractivity contribution < 1.29 is 26.5 Å². The number of guanidine groups is 1. The lowest BCUT2D eigenvalue weighted by atomic mass is 9.92. The Morgan fingerprint density at radius 1 is 1.34 bits per heavy atom. The summed E-state index contributed by atoms with van der Waals surface area (Å²) in [5.41, 5.74) is 3.96. The Kier molecular flexibility index (Phi) is 6.28. The van der Waals surface area contributed by atoms with Crippen molar-refractivity contribution in [3.05, 3.63) is 71.3 Å². The molecule has 2 atom stereocenters. The Bertz CT molecular complexity index is 1410. The maximum atomic E-state index is 14.9. The average molecular weight is 507 g/mol. The summed E-state index contributed by atoms with van der Waals surface area (Å²) in [7, 11) is -1.49. The summed E-state index contributed by atoms with van der Waals surface area (Å²) in [4.78, 5) is 16.0.